The van der Waals surface area contributed by atoms with Crippen molar-refractivity contribution in [3.63, 3.8) is 0 Å². The Morgan fingerprint density at radius 2 is 1.79 bits per heavy atom. The summed E-state index contributed by atoms with van der Waals surface area (Å²) in [5.41, 5.74) is 7.07. The zero-order chi connectivity index (χ0) is 24.5. The molecule has 4 N–H and O–H groups in total. The van der Waals surface area contributed by atoms with Gasteiger partial charge in [0.05, 0.1) is 5.56 Å². The molecule has 176 valence electrons. The molecule has 34 heavy (non-hydrogen) atoms. The summed E-state index contributed by atoms with van der Waals surface area (Å²) in [6, 6.07) is 15.2. The van der Waals surface area contributed by atoms with Gasteiger partial charge < -0.3 is 16.4 Å². The minimum Gasteiger partial charge on any atom is -0.350 e. The number of carbonyl (C=O) groups excluding carboxylic acids is 1. The van der Waals surface area contributed by atoms with Crippen LogP contribution in [0.15, 0.2) is 66.9 Å². The number of pyridine rings is 1. The second-order valence-electron chi connectivity index (χ2n) is 8.58. The van der Waals surface area contributed by atoms with Crippen molar-refractivity contribution in [1.82, 2.24) is 19.9 Å². The minimum absolute atomic E-state index is 0.235. The molecule has 0 aliphatic carbocycles. The van der Waals surface area contributed by atoms with Gasteiger partial charge in [0.2, 0.25) is 5.95 Å². The van der Waals surface area contributed by atoms with Crippen LogP contribution in [0.25, 0.3) is 16.8 Å². The molecule has 2 aromatic carbocycles. The molecule has 0 atom stereocenters. The lowest BCUT2D eigenvalue weighted by atomic mass is 10.0. The van der Waals surface area contributed by atoms with Crippen LogP contribution < -0.4 is 16.4 Å². The fourth-order valence-electron chi connectivity index (χ4n) is 3.29. The van der Waals surface area contributed by atoms with Gasteiger partial charge in [0.1, 0.15) is 0 Å². The van der Waals surface area contributed by atoms with Crippen LogP contribution in [0.2, 0.25) is 0 Å². The zero-order valence-corrected chi connectivity index (χ0v) is 18.5. The molecule has 0 bridgehead atoms. The van der Waals surface area contributed by atoms with E-state index in [1.807, 2.05) is 13.8 Å². The van der Waals surface area contributed by atoms with Gasteiger partial charge in [0.15, 0.2) is 5.65 Å². The quantitative estimate of drug-likeness (QED) is 0.384. The lowest BCUT2D eigenvalue weighted by Crippen LogP contribution is -2.45. The molecule has 0 spiro atoms. The molecule has 0 fully saturated rings. The number of alkyl halides is 3. The molecule has 4 aromatic rings. The number of hydrogen-bond acceptors (Lipinski definition) is 5. The number of fused-ring (bicyclic) bond motifs is 1. The second kappa shape index (κ2) is 8.79. The summed E-state index contributed by atoms with van der Waals surface area (Å²) >= 11 is 0. The number of rotatable bonds is 6. The molecule has 0 unspecified atom stereocenters. The molecule has 4 rings (SSSR count). The minimum atomic E-state index is -4.44. The summed E-state index contributed by atoms with van der Waals surface area (Å²) in [6.45, 7) is 3.98. The largest absolute Gasteiger partial charge is 0.416 e. The highest BCUT2D eigenvalue weighted by atomic mass is 19.4. The molecule has 0 saturated heterocycles. The number of nitrogens with two attached hydrogens (primary N) is 1. The average Bonchev–Trinajstić information content (AvgIpc) is 3.19. The number of halogens is 3. The van der Waals surface area contributed by atoms with E-state index in [1.165, 1.54) is 10.6 Å². The Bertz CT molecular complexity index is 1320. The third-order valence-corrected chi connectivity index (χ3v) is 4.97. The van der Waals surface area contributed by atoms with Crippen LogP contribution in [0, 0.1) is 0 Å². The second-order valence-corrected chi connectivity index (χ2v) is 8.58. The average molecular weight is 468 g/mol. The third-order valence-electron chi connectivity index (χ3n) is 4.97. The molecule has 0 aliphatic heterocycles. The van der Waals surface area contributed by atoms with Crippen LogP contribution in [0.1, 0.15) is 29.8 Å². The highest BCUT2D eigenvalue weighted by Gasteiger charge is 2.30. The van der Waals surface area contributed by atoms with Crippen molar-refractivity contribution in [2.24, 2.45) is 5.73 Å². The van der Waals surface area contributed by atoms with E-state index in [1.54, 1.807) is 48.7 Å². The van der Waals surface area contributed by atoms with Crippen molar-refractivity contribution in [1.29, 1.82) is 0 Å². The maximum absolute atomic E-state index is 13.1. The molecule has 0 aliphatic rings. The summed E-state index contributed by atoms with van der Waals surface area (Å²) in [5, 5.41) is 10.2. The fourth-order valence-corrected chi connectivity index (χ4v) is 3.29. The lowest BCUT2D eigenvalue weighted by Gasteiger charge is -2.18. The molecule has 0 radical (unpaired) electrons. The first-order chi connectivity index (χ1) is 16.0. The molecule has 0 saturated carbocycles. The van der Waals surface area contributed by atoms with Crippen molar-refractivity contribution >= 4 is 23.2 Å². The van der Waals surface area contributed by atoms with E-state index in [0.29, 0.717) is 34.6 Å². The summed E-state index contributed by atoms with van der Waals surface area (Å²) in [7, 11) is 0. The van der Waals surface area contributed by atoms with Crippen LogP contribution in [-0.4, -0.2) is 32.6 Å². The fraction of sp³-hybridized carbons (Fsp3) is 0.208. The highest BCUT2D eigenvalue weighted by Crippen LogP contribution is 2.33. The molecule has 2 heterocycles. The highest BCUT2D eigenvalue weighted by molar-refractivity contribution is 5.94. The smallest absolute Gasteiger partial charge is 0.350 e. The van der Waals surface area contributed by atoms with E-state index in [-0.39, 0.29) is 11.9 Å². The van der Waals surface area contributed by atoms with Crippen LogP contribution in [0.3, 0.4) is 0 Å². The van der Waals surface area contributed by atoms with Crippen molar-refractivity contribution in [3.05, 3.63) is 78.0 Å². The van der Waals surface area contributed by atoms with Crippen molar-refractivity contribution in [3.8, 4) is 11.1 Å². The Kier molecular flexibility index (Phi) is 6.01. The van der Waals surface area contributed by atoms with E-state index in [9.17, 15) is 18.0 Å². The van der Waals surface area contributed by atoms with Crippen molar-refractivity contribution in [2.75, 3.05) is 11.9 Å². The van der Waals surface area contributed by atoms with Gasteiger partial charge >= 0.3 is 6.18 Å². The number of aromatic nitrogens is 3. The number of amides is 1. The van der Waals surface area contributed by atoms with E-state index in [0.717, 1.165) is 12.1 Å². The Morgan fingerprint density at radius 1 is 1.06 bits per heavy atom. The summed E-state index contributed by atoms with van der Waals surface area (Å²) in [5.74, 6) is 0.0307. The van der Waals surface area contributed by atoms with E-state index in [4.69, 9.17) is 5.73 Å². The Hall–Kier alpha value is -3.92. The Balaban J connectivity index is 1.55. The van der Waals surface area contributed by atoms with Crippen LogP contribution in [-0.2, 0) is 6.18 Å². The van der Waals surface area contributed by atoms with E-state index >= 15 is 0 Å². The monoisotopic (exact) mass is 468 g/mol. The molecule has 1 amide bonds. The molecule has 7 nitrogen and oxygen atoms in total. The summed E-state index contributed by atoms with van der Waals surface area (Å²) in [4.78, 5) is 16.7. The van der Waals surface area contributed by atoms with Crippen molar-refractivity contribution in [2.45, 2.75) is 25.6 Å². The number of hydrogen-bond donors (Lipinski definition) is 3. The number of anilines is 2. The Morgan fingerprint density at radius 3 is 2.47 bits per heavy atom. The van der Waals surface area contributed by atoms with E-state index in [2.05, 4.69) is 20.7 Å². The predicted molar refractivity (Wildman–Crippen MR) is 124 cm³/mol. The lowest BCUT2D eigenvalue weighted by molar-refractivity contribution is -0.137. The predicted octanol–water partition coefficient (Wildman–Crippen LogP) is 4.63. The Labute approximate surface area is 193 Å². The molecular formula is C24H23F3N6O. The van der Waals surface area contributed by atoms with Gasteiger partial charge in [-0.1, -0.05) is 12.1 Å². The topological polar surface area (TPSA) is 97.3 Å². The van der Waals surface area contributed by atoms with Gasteiger partial charge in [-0.05, 0) is 67.9 Å². The standard InChI is InChI=1S/C24H23F3N6O/c1-23(2,28)14-29-21(34)15-8-10-18(11-9-15)30-22-31-20-19(7-4-12-33(20)32-22)16-5-3-6-17(13-16)24(25,26)27/h3-13H,14,28H2,1-2H3,(H,29,34)(H,30,32). The normalized spacial score (nSPS) is 12.1. The van der Waals surface area contributed by atoms with Crippen molar-refractivity contribution < 1.29 is 18.0 Å². The number of benzene rings is 2. The first-order valence-corrected chi connectivity index (χ1v) is 10.5. The third kappa shape index (κ3) is 5.34. The van der Waals surface area contributed by atoms with Crippen LogP contribution in [0.4, 0.5) is 24.8 Å². The van der Waals surface area contributed by atoms with Gasteiger partial charge in [-0.2, -0.15) is 18.2 Å². The van der Waals surface area contributed by atoms with Crippen LogP contribution in [0.5, 0.6) is 0 Å². The van der Waals surface area contributed by atoms with E-state index < -0.39 is 17.3 Å². The molecular weight excluding hydrogens is 445 g/mol. The molecule has 2 aromatic heterocycles. The number of nitrogens with zero attached hydrogens (tertiary/aromatic N) is 3. The van der Waals surface area contributed by atoms with Gasteiger partial charge in [-0.25, -0.2) is 4.52 Å². The number of carbonyl (C=O) groups is 1. The molecule has 10 heteroatoms. The van der Waals surface area contributed by atoms with Gasteiger partial charge in [-0.3, -0.25) is 4.79 Å². The van der Waals surface area contributed by atoms with Gasteiger partial charge in [0, 0.05) is 35.1 Å². The summed E-state index contributed by atoms with van der Waals surface area (Å²) in [6.07, 6.45) is -2.78. The van der Waals surface area contributed by atoms with Crippen LogP contribution >= 0.6 is 0 Å². The van der Waals surface area contributed by atoms with Gasteiger partial charge in [-0.15, -0.1) is 5.10 Å². The summed E-state index contributed by atoms with van der Waals surface area (Å²) < 4.78 is 40.9. The maximum Gasteiger partial charge on any atom is 0.416 e. The van der Waals surface area contributed by atoms with Gasteiger partial charge in [0.25, 0.3) is 5.91 Å². The zero-order valence-electron chi connectivity index (χ0n) is 18.5. The SMILES string of the molecule is CC(C)(N)CNC(=O)c1ccc(Nc2nc3c(-c4cccc(C(F)(F)F)c4)cccn3n2)cc1. The number of nitrogens with one attached hydrogen (secondary N) is 2. The first-order valence-electron chi connectivity index (χ1n) is 10.5. The first kappa shape index (κ1) is 23.2. The maximum atomic E-state index is 13.1.